The Morgan fingerprint density at radius 3 is 2.67 bits per heavy atom. The number of benzene rings is 1. The van der Waals surface area contributed by atoms with Crippen LogP contribution in [-0.2, 0) is 14.8 Å². The number of nitrogens with zero attached hydrogens (tertiary/aromatic N) is 2. The van der Waals surface area contributed by atoms with Crippen LogP contribution in [0.25, 0.3) is 0 Å². The van der Waals surface area contributed by atoms with E-state index in [2.05, 4.69) is 9.82 Å². The number of rotatable bonds is 4. The molecule has 0 aliphatic carbocycles. The quantitative estimate of drug-likeness (QED) is 0.907. The number of sulfonamides is 1. The number of para-hydroxylation sites is 1. The lowest BCUT2D eigenvalue weighted by molar-refractivity contribution is -0.130. The molecule has 3 rings (SSSR count). The van der Waals surface area contributed by atoms with Gasteiger partial charge in [0.1, 0.15) is 0 Å². The van der Waals surface area contributed by atoms with Crippen molar-refractivity contribution in [2.45, 2.75) is 19.4 Å². The Bertz CT molecular complexity index is 889. The van der Waals surface area contributed by atoms with E-state index >= 15 is 0 Å². The average molecular weight is 363 g/mol. The molecule has 1 aromatic heterocycles. The molecule has 0 saturated heterocycles. The molecule has 8 heteroatoms. The van der Waals surface area contributed by atoms with E-state index in [1.54, 1.807) is 23.5 Å². The first-order valence-corrected chi connectivity index (χ1v) is 10.1. The van der Waals surface area contributed by atoms with Gasteiger partial charge in [-0.15, -0.1) is 11.3 Å². The maximum Gasteiger partial charge on any atom is 0.240 e. The summed E-state index contributed by atoms with van der Waals surface area (Å²) in [6, 6.07) is 10.7. The number of anilines is 1. The molecule has 1 amide bonds. The van der Waals surface area contributed by atoms with E-state index in [1.807, 2.05) is 29.6 Å². The van der Waals surface area contributed by atoms with Crippen LogP contribution in [0.5, 0.6) is 0 Å². The first-order chi connectivity index (χ1) is 11.3. The molecule has 1 aliphatic heterocycles. The zero-order chi connectivity index (χ0) is 17.3. The molecule has 0 spiro atoms. The Kier molecular flexibility index (Phi) is 4.42. The van der Waals surface area contributed by atoms with Crippen molar-refractivity contribution in [1.82, 2.24) is 5.01 Å². The van der Waals surface area contributed by atoms with Crippen LogP contribution in [0, 0.1) is 0 Å². The number of hydrazone groups is 1. The number of hydrogen-bond acceptors (Lipinski definition) is 5. The monoisotopic (exact) mass is 363 g/mol. The molecule has 0 radical (unpaired) electrons. The molecule has 1 atom stereocenters. The molecule has 0 saturated carbocycles. The predicted octanol–water partition coefficient (Wildman–Crippen LogP) is 2.82. The van der Waals surface area contributed by atoms with Gasteiger partial charge in [-0.3, -0.25) is 9.52 Å². The van der Waals surface area contributed by atoms with Crippen LogP contribution in [0.1, 0.15) is 29.8 Å². The van der Waals surface area contributed by atoms with Crippen molar-refractivity contribution in [1.29, 1.82) is 0 Å². The lowest BCUT2D eigenvalue weighted by Crippen LogP contribution is -2.25. The number of thiophene rings is 1. The molecule has 6 nitrogen and oxygen atoms in total. The lowest BCUT2D eigenvalue weighted by Gasteiger charge is -2.23. The Balaban J connectivity index is 1.99. The van der Waals surface area contributed by atoms with Crippen LogP contribution in [-0.4, -0.2) is 31.3 Å². The van der Waals surface area contributed by atoms with Crippen LogP contribution < -0.4 is 4.72 Å². The summed E-state index contributed by atoms with van der Waals surface area (Å²) in [6.45, 7) is 1.46. The predicted molar refractivity (Wildman–Crippen MR) is 95.6 cm³/mol. The molecule has 1 aliphatic rings. The SMILES string of the molecule is CC(=O)N1N=C(c2cccs2)CC1c1ccccc1NS(C)(=O)=O. The summed E-state index contributed by atoms with van der Waals surface area (Å²) in [5.41, 5.74) is 2.03. The first kappa shape index (κ1) is 16.7. The fourth-order valence-corrected chi connectivity index (χ4v) is 4.02. The molecule has 1 N–H and O–H groups in total. The molecule has 24 heavy (non-hydrogen) atoms. The molecule has 2 aromatic rings. The Morgan fingerprint density at radius 2 is 2.04 bits per heavy atom. The molecule has 2 heterocycles. The highest BCUT2D eigenvalue weighted by molar-refractivity contribution is 7.92. The second kappa shape index (κ2) is 6.37. The van der Waals surface area contributed by atoms with Gasteiger partial charge in [-0.05, 0) is 17.5 Å². The summed E-state index contributed by atoms with van der Waals surface area (Å²) in [5, 5.41) is 7.85. The molecular weight excluding hydrogens is 346 g/mol. The van der Waals surface area contributed by atoms with E-state index in [0.29, 0.717) is 12.1 Å². The highest BCUT2D eigenvalue weighted by Gasteiger charge is 2.33. The van der Waals surface area contributed by atoms with E-state index < -0.39 is 10.0 Å². The van der Waals surface area contributed by atoms with Crippen molar-refractivity contribution < 1.29 is 13.2 Å². The third-order valence-corrected chi connectivity index (χ3v) is 5.16. The number of amides is 1. The van der Waals surface area contributed by atoms with E-state index in [-0.39, 0.29) is 11.9 Å². The summed E-state index contributed by atoms with van der Waals surface area (Å²) in [5.74, 6) is -0.180. The molecule has 0 fully saturated rings. The summed E-state index contributed by atoms with van der Waals surface area (Å²) >= 11 is 1.57. The molecular formula is C16H17N3O3S2. The summed E-state index contributed by atoms with van der Waals surface area (Å²) in [4.78, 5) is 13.0. The lowest BCUT2D eigenvalue weighted by atomic mass is 9.99. The van der Waals surface area contributed by atoms with Crippen molar-refractivity contribution in [2.24, 2.45) is 5.10 Å². The number of hydrogen-bond donors (Lipinski definition) is 1. The Hall–Kier alpha value is -2.19. The molecule has 0 bridgehead atoms. The first-order valence-electron chi connectivity index (χ1n) is 7.33. The minimum atomic E-state index is -3.41. The van der Waals surface area contributed by atoms with Gasteiger partial charge in [-0.25, -0.2) is 13.4 Å². The van der Waals surface area contributed by atoms with E-state index in [1.165, 1.54) is 11.9 Å². The van der Waals surface area contributed by atoms with Gasteiger partial charge in [-0.1, -0.05) is 24.3 Å². The van der Waals surface area contributed by atoms with Gasteiger partial charge in [0, 0.05) is 18.9 Å². The van der Waals surface area contributed by atoms with Gasteiger partial charge in [0.2, 0.25) is 15.9 Å². The largest absolute Gasteiger partial charge is 0.283 e. The molecule has 1 unspecified atom stereocenters. The van der Waals surface area contributed by atoms with Crippen LogP contribution in [0.3, 0.4) is 0 Å². The third kappa shape index (κ3) is 3.49. The summed E-state index contributed by atoms with van der Waals surface area (Å²) < 4.78 is 25.8. The zero-order valence-corrected chi connectivity index (χ0v) is 14.9. The van der Waals surface area contributed by atoms with Crippen molar-refractivity contribution in [3.63, 3.8) is 0 Å². The topological polar surface area (TPSA) is 78.8 Å². The molecule has 126 valence electrons. The standard InChI is InChI=1S/C16H17N3O3S2/c1-11(20)19-15(10-14(17-19)16-8-5-9-23-16)12-6-3-4-7-13(12)18-24(2,21)22/h3-9,15,18H,10H2,1-2H3. The normalized spacial score (nSPS) is 17.7. The highest BCUT2D eigenvalue weighted by atomic mass is 32.2. The number of carbonyl (C=O) groups is 1. The minimum Gasteiger partial charge on any atom is -0.283 e. The summed E-state index contributed by atoms with van der Waals surface area (Å²) in [6.07, 6.45) is 1.65. The van der Waals surface area contributed by atoms with Crippen LogP contribution in [0.4, 0.5) is 5.69 Å². The minimum absolute atomic E-state index is 0.180. The number of nitrogens with one attached hydrogen (secondary N) is 1. The van der Waals surface area contributed by atoms with Crippen LogP contribution in [0.2, 0.25) is 0 Å². The van der Waals surface area contributed by atoms with E-state index in [9.17, 15) is 13.2 Å². The number of carbonyl (C=O) groups excluding carboxylic acids is 1. The van der Waals surface area contributed by atoms with Gasteiger partial charge < -0.3 is 0 Å². The highest BCUT2D eigenvalue weighted by Crippen LogP contribution is 2.37. The van der Waals surface area contributed by atoms with Crippen molar-refractivity contribution in [2.75, 3.05) is 11.0 Å². The zero-order valence-electron chi connectivity index (χ0n) is 13.3. The van der Waals surface area contributed by atoms with Crippen molar-refractivity contribution in [3.05, 3.63) is 52.2 Å². The van der Waals surface area contributed by atoms with Crippen LogP contribution >= 0.6 is 11.3 Å². The van der Waals surface area contributed by atoms with Gasteiger partial charge in [0.25, 0.3) is 0 Å². The van der Waals surface area contributed by atoms with Crippen molar-refractivity contribution in [3.8, 4) is 0 Å². The Labute approximate surface area is 144 Å². The van der Waals surface area contributed by atoms with Crippen LogP contribution in [0.15, 0.2) is 46.9 Å². The van der Waals surface area contributed by atoms with Crippen molar-refractivity contribution >= 4 is 38.7 Å². The second-order valence-corrected chi connectivity index (χ2v) is 8.27. The summed E-state index contributed by atoms with van der Waals surface area (Å²) in [7, 11) is -3.41. The van der Waals surface area contributed by atoms with Gasteiger partial charge in [0.15, 0.2) is 0 Å². The van der Waals surface area contributed by atoms with E-state index in [0.717, 1.165) is 22.4 Å². The Morgan fingerprint density at radius 1 is 1.29 bits per heavy atom. The molecule has 1 aromatic carbocycles. The van der Waals surface area contributed by atoms with Gasteiger partial charge >= 0.3 is 0 Å². The van der Waals surface area contributed by atoms with E-state index in [4.69, 9.17) is 0 Å². The average Bonchev–Trinajstić information content (AvgIpc) is 3.15. The fraction of sp³-hybridized carbons (Fsp3) is 0.250. The second-order valence-electron chi connectivity index (χ2n) is 5.57. The smallest absolute Gasteiger partial charge is 0.240 e. The fourth-order valence-electron chi connectivity index (χ4n) is 2.71. The maximum atomic E-state index is 12.0. The van der Waals surface area contributed by atoms with Gasteiger partial charge in [0.05, 0.1) is 28.6 Å². The van der Waals surface area contributed by atoms with Gasteiger partial charge in [-0.2, -0.15) is 5.10 Å². The maximum absolute atomic E-state index is 12.0. The third-order valence-electron chi connectivity index (χ3n) is 3.65.